The van der Waals surface area contributed by atoms with E-state index in [1.54, 1.807) is 6.07 Å². The lowest BCUT2D eigenvalue weighted by Gasteiger charge is -2.05. The van der Waals surface area contributed by atoms with Gasteiger partial charge < -0.3 is 5.32 Å². The third kappa shape index (κ3) is 3.05. The van der Waals surface area contributed by atoms with Gasteiger partial charge in [-0.25, -0.2) is 4.98 Å². The van der Waals surface area contributed by atoms with E-state index in [2.05, 4.69) is 41.5 Å². The van der Waals surface area contributed by atoms with Crippen molar-refractivity contribution in [2.45, 2.75) is 13.5 Å². The van der Waals surface area contributed by atoms with Gasteiger partial charge in [0.2, 0.25) is 0 Å². The van der Waals surface area contributed by atoms with E-state index in [-0.39, 0.29) is 0 Å². The first-order valence-electron chi connectivity index (χ1n) is 5.44. The number of hydrogen-bond donors (Lipinski definition) is 1. The predicted octanol–water partition coefficient (Wildman–Crippen LogP) is 2.87. The van der Waals surface area contributed by atoms with Crippen LogP contribution in [0, 0.1) is 18.3 Å². The van der Waals surface area contributed by atoms with Crippen molar-refractivity contribution in [2.75, 3.05) is 5.32 Å². The minimum Gasteiger partial charge on any atom is -0.366 e. The molecule has 0 saturated heterocycles. The van der Waals surface area contributed by atoms with Crippen LogP contribution in [-0.2, 0) is 6.54 Å². The second-order valence-electron chi connectivity index (χ2n) is 3.86. The third-order valence-corrected chi connectivity index (χ3v) is 2.46. The van der Waals surface area contributed by atoms with Crippen LogP contribution in [0.15, 0.2) is 42.5 Å². The predicted molar refractivity (Wildman–Crippen MR) is 67.5 cm³/mol. The first-order valence-corrected chi connectivity index (χ1v) is 5.44. The minimum atomic E-state index is 0.430. The van der Waals surface area contributed by atoms with Gasteiger partial charge >= 0.3 is 0 Å². The van der Waals surface area contributed by atoms with Gasteiger partial charge in [0.15, 0.2) is 0 Å². The average Bonchev–Trinajstić information content (AvgIpc) is 2.38. The maximum atomic E-state index is 8.74. The number of nitriles is 1. The van der Waals surface area contributed by atoms with Crippen LogP contribution >= 0.6 is 0 Å². The highest BCUT2D eigenvalue weighted by molar-refractivity contribution is 5.39. The molecule has 1 aromatic heterocycles. The van der Waals surface area contributed by atoms with E-state index < -0.39 is 0 Å². The molecule has 0 spiro atoms. The van der Waals surface area contributed by atoms with Crippen LogP contribution in [0.25, 0.3) is 0 Å². The van der Waals surface area contributed by atoms with Gasteiger partial charge in [-0.15, -0.1) is 0 Å². The molecule has 1 aromatic carbocycles. The maximum Gasteiger partial charge on any atom is 0.142 e. The number of anilines is 1. The Hall–Kier alpha value is -2.34. The molecule has 0 amide bonds. The summed E-state index contributed by atoms with van der Waals surface area (Å²) < 4.78 is 0. The quantitative estimate of drug-likeness (QED) is 0.870. The van der Waals surface area contributed by atoms with E-state index in [1.807, 2.05) is 18.2 Å². The highest BCUT2D eigenvalue weighted by atomic mass is 15.0. The number of benzene rings is 1. The molecule has 0 atom stereocenters. The molecule has 0 unspecified atom stereocenters. The molecule has 2 rings (SSSR count). The molecule has 17 heavy (non-hydrogen) atoms. The molecule has 84 valence electrons. The van der Waals surface area contributed by atoms with Crippen molar-refractivity contribution in [2.24, 2.45) is 0 Å². The van der Waals surface area contributed by atoms with Gasteiger partial charge in [-0.1, -0.05) is 35.9 Å². The molecule has 0 saturated carbocycles. The molecule has 0 fully saturated rings. The summed E-state index contributed by atoms with van der Waals surface area (Å²) in [5.74, 6) is 0.727. The maximum absolute atomic E-state index is 8.74. The monoisotopic (exact) mass is 223 g/mol. The number of aromatic nitrogens is 1. The lowest BCUT2D eigenvalue weighted by molar-refractivity contribution is 1.10. The molecular weight excluding hydrogens is 210 g/mol. The summed E-state index contributed by atoms with van der Waals surface area (Å²) in [5.41, 5.74) is 2.87. The summed E-state index contributed by atoms with van der Waals surface area (Å²) in [5, 5.41) is 11.9. The van der Waals surface area contributed by atoms with Crippen LogP contribution in [-0.4, -0.2) is 4.98 Å². The van der Waals surface area contributed by atoms with E-state index in [4.69, 9.17) is 5.26 Å². The van der Waals surface area contributed by atoms with Gasteiger partial charge in [0.05, 0.1) is 0 Å². The zero-order chi connectivity index (χ0) is 12.1. The molecule has 0 aliphatic carbocycles. The van der Waals surface area contributed by atoms with Crippen molar-refractivity contribution in [3.8, 4) is 6.07 Å². The molecule has 0 radical (unpaired) electrons. The smallest absolute Gasteiger partial charge is 0.142 e. The Labute approximate surface area is 101 Å². The first-order chi connectivity index (χ1) is 8.28. The van der Waals surface area contributed by atoms with Gasteiger partial charge in [0.1, 0.15) is 17.6 Å². The average molecular weight is 223 g/mol. The zero-order valence-electron chi connectivity index (χ0n) is 9.64. The normalized spacial score (nSPS) is 9.65. The molecule has 0 aliphatic heterocycles. The number of pyridine rings is 1. The van der Waals surface area contributed by atoms with Gasteiger partial charge in [-0.2, -0.15) is 5.26 Å². The summed E-state index contributed by atoms with van der Waals surface area (Å²) in [4.78, 5) is 4.15. The highest BCUT2D eigenvalue weighted by Crippen LogP contribution is 2.08. The molecule has 1 N–H and O–H groups in total. The number of hydrogen-bond acceptors (Lipinski definition) is 3. The van der Waals surface area contributed by atoms with Crippen molar-refractivity contribution in [3.05, 3.63) is 59.3 Å². The van der Waals surface area contributed by atoms with E-state index in [9.17, 15) is 0 Å². The molecule has 2 aromatic rings. The lowest BCUT2D eigenvalue weighted by atomic mass is 10.1. The molecule has 3 nitrogen and oxygen atoms in total. The Morgan fingerprint density at radius 3 is 2.65 bits per heavy atom. The lowest BCUT2D eigenvalue weighted by Crippen LogP contribution is -2.01. The van der Waals surface area contributed by atoms with Gasteiger partial charge in [0.25, 0.3) is 0 Å². The van der Waals surface area contributed by atoms with Crippen LogP contribution in [0.3, 0.4) is 0 Å². The van der Waals surface area contributed by atoms with Crippen molar-refractivity contribution < 1.29 is 0 Å². The molecule has 0 aliphatic rings. The first kappa shape index (κ1) is 11.2. The van der Waals surface area contributed by atoms with Crippen molar-refractivity contribution >= 4 is 5.82 Å². The molecule has 3 heteroatoms. The van der Waals surface area contributed by atoms with Crippen LogP contribution in [0.4, 0.5) is 5.82 Å². The van der Waals surface area contributed by atoms with Gasteiger partial charge in [-0.3, -0.25) is 0 Å². The van der Waals surface area contributed by atoms with Gasteiger partial charge in [-0.05, 0) is 24.6 Å². The Kier molecular flexibility index (Phi) is 3.37. The Morgan fingerprint density at radius 2 is 1.94 bits per heavy atom. The SMILES string of the molecule is Cc1ccc(CNc2cccc(C#N)n2)cc1. The number of aryl methyl sites for hydroxylation is 1. The Morgan fingerprint density at radius 1 is 1.18 bits per heavy atom. The molecule has 1 heterocycles. The summed E-state index contributed by atoms with van der Waals surface area (Å²) in [7, 11) is 0. The van der Waals surface area contributed by atoms with Crippen molar-refractivity contribution in [1.82, 2.24) is 4.98 Å². The fourth-order valence-electron chi connectivity index (χ4n) is 1.49. The summed E-state index contributed by atoms with van der Waals surface area (Å²) >= 11 is 0. The van der Waals surface area contributed by atoms with Crippen LogP contribution in [0.5, 0.6) is 0 Å². The third-order valence-electron chi connectivity index (χ3n) is 2.46. The largest absolute Gasteiger partial charge is 0.366 e. The standard InChI is InChI=1S/C14H13N3/c1-11-5-7-12(8-6-11)10-16-14-4-2-3-13(9-15)17-14/h2-8H,10H2,1H3,(H,16,17). The zero-order valence-corrected chi connectivity index (χ0v) is 9.64. The van der Waals surface area contributed by atoms with E-state index in [0.717, 1.165) is 5.82 Å². The second kappa shape index (κ2) is 5.13. The number of nitrogens with one attached hydrogen (secondary N) is 1. The van der Waals surface area contributed by atoms with Crippen LogP contribution < -0.4 is 5.32 Å². The highest BCUT2D eigenvalue weighted by Gasteiger charge is 1.97. The number of nitrogens with zero attached hydrogens (tertiary/aromatic N) is 2. The van der Waals surface area contributed by atoms with Gasteiger partial charge in [0, 0.05) is 6.54 Å². The second-order valence-corrected chi connectivity index (χ2v) is 3.86. The van der Waals surface area contributed by atoms with E-state index in [1.165, 1.54) is 11.1 Å². The summed E-state index contributed by atoms with van der Waals surface area (Å²) in [6, 6.07) is 15.7. The fourth-order valence-corrected chi connectivity index (χ4v) is 1.49. The molecular formula is C14H13N3. The Balaban J connectivity index is 2.02. The van der Waals surface area contributed by atoms with E-state index in [0.29, 0.717) is 12.2 Å². The Bertz CT molecular complexity index is 538. The van der Waals surface area contributed by atoms with E-state index >= 15 is 0 Å². The minimum absolute atomic E-state index is 0.430. The van der Waals surface area contributed by atoms with Crippen LogP contribution in [0.1, 0.15) is 16.8 Å². The summed E-state index contributed by atoms with van der Waals surface area (Å²) in [6.07, 6.45) is 0. The topological polar surface area (TPSA) is 48.7 Å². The van der Waals surface area contributed by atoms with Crippen molar-refractivity contribution in [1.29, 1.82) is 5.26 Å². The fraction of sp³-hybridized carbons (Fsp3) is 0.143. The van der Waals surface area contributed by atoms with Crippen LogP contribution in [0.2, 0.25) is 0 Å². The summed E-state index contributed by atoms with van der Waals surface area (Å²) in [6.45, 7) is 2.78. The molecule has 0 bridgehead atoms. The number of rotatable bonds is 3. The van der Waals surface area contributed by atoms with Crippen molar-refractivity contribution in [3.63, 3.8) is 0 Å².